The topological polar surface area (TPSA) is 79.3 Å². The highest BCUT2D eigenvalue weighted by Gasteiger charge is 2.31. The highest BCUT2D eigenvalue weighted by Crippen LogP contribution is 2.15. The molecule has 0 unspecified atom stereocenters. The van der Waals surface area contributed by atoms with Crippen LogP contribution < -0.4 is 0 Å². The normalized spacial score (nSPS) is 18.0. The van der Waals surface area contributed by atoms with E-state index in [2.05, 4.69) is 0 Å². The van der Waals surface area contributed by atoms with Crippen molar-refractivity contribution in [2.45, 2.75) is 58.8 Å². The molecule has 1 fully saturated rings. The summed E-state index contributed by atoms with van der Waals surface area (Å²) in [7, 11) is 0. The van der Waals surface area contributed by atoms with Crippen LogP contribution in [0.5, 0.6) is 0 Å². The SMILES string of the molecule is CC(C)(C)OC(=O)N1CCN(C(=O)OC(C)(C)C)CC(O)C1. The van der Waals surface area contributed by atoms with E-state index in [-0.39, 0.29) is 13.1 Å². The molecule has 0 radical (unpaired) electrons. The van der Waals surface area contributed by atoms with Gasteiger partial charge in [0.15, 0.2) is 0 Å². The number of hydrogen-bond acceptors (Lipinski definition) is 5. The number of aliphatic hydroxyl groups is 1. The first-order chi connectivity index (χ1) is 9.87. The van der Waals surface area contributed by atoms with Crippen molar-refractivity contribution in [3.8, 4) is 0 Å². The van der Waals surface area contributed by atoms with E-state index in [0.29, 0.717) is 13.1 Å². The second kappa shape index (κ2) is 6.73. The molecule has 2 amide bonds. The molecular weight excluding hydrogens is 288 g/mol. The predicted octanol–water partition coefficient (Wildman–Crippen LogP) is 1.84. The summed E-state index contributed by atoms with van der Waals surface area (Å²) in [5.74, 6) is 0. The van der Waals surface area contributed by atoms with Crippen LogP contribution in [0.15, 0.2) is 0 Å². The van der Waals surface area contributed by atoms with Gasteiger partial charge >= 0.3 is 12.2 Å². The van der Waals surface area contributed by atoms with Gasteiger partial charge in [0, 0.05) is 13.1 Å². The Balaban J connectivity index is 2.66. The monoisotopic (exact) mass is 316 g/mol. The van der Waals surface area contributed by atoms with Crippen LogP contribution in [0, 0.1) is 0 Å². The largest absolute Gasteiger partial charge is 0.444 e. The standard InChI is InChI=1S/C15H28N2O5/c1-14(2,3)21-12(19)16-7-8-17(10-11(18)9-16)13(20)22-15(4,5)6/h11,18H,7-10H2,1-6H3. The maximum absolute atomic E-state index is 12.1. The number of ether oxygens (including phenoxy) is 2. The number of hydrogen-bond donors (Lipinski definition) is 1. The molecule has 0 aromatic rings. The number of carbonyl (C=O) groups is 2. The van der Waals surface area contributed by atoms with E-state index in [0.717, 1.165) is 0 Å². The summed E-state index contributed by atoms with van der Waals surface area (Å²) in [6.07, 6.45) is -1.81. The van der Waals surface area contributed by atoms with Crippen molar-refractivity contribution >= 4 is 12.2 Å². The van der Waals surface area contributed by atoms with Gasteiger partial charge in [0.1, 0.15) is 11.2 Å². The van der Waals surface area contributed by atoms with Crippen molar-refractivity contribution in [2.75, 3.05) is 26.2 Å². The molecule has 7 heteroatoms. The van der Waals surface area contributed by atoms with Gasteiger partial charge in [-0.25, -0.2) is 9.59 Å². The molecule has 0 atom stereocenters. The zero-order valence-electron chi connectivity index (χ0n) is 14.4. The lowest BCUT2D eigenvalue weighted by Gasteiger charge is -2.27. The van der Waals surface area contributed by atoms with Gasteiger partial charge in [0.2, 0.25) is 0 Å². The Bertz CT molecular complexity index is 373. The molecule has 1 aliphatic heterocycles. The minimum Gasteiger partial charge on any atom is -0.444 e. The van der Waals surface area contributed by atoms with Crippen molar-refractivity contribution in [3.63, 3.8) is 0 Å². The molecule has 0 bridgehead atoms. The number of carbonyl (C=O) groups excluding carboxylic acids is 2. The lowest BCUT2D eigenvalue weighted by molar-refractivity contribution is 0.0174. The molecule has 0 saturated carbocycles. The van der Waals surface area contributed by atoms with Gasteiger partial charge in [-0.15, -0.1) is 0 Å². The first kappa shape index (κ1) is 18.5. The van der Waals surface area contributed by atoms with Crippen LogP contribution >= 0.6 is 0 Å². The second-order valence-electron chi connectivity index (χ2n) is 7.51. The third-order valence-corrected chi connectivity index (χ3v) is 2.81. The highest BCUT2D eigenvalue weighted by atomic mass is 16.6. The van der Waals surface area contributed by atoms with Gasteiger partial charge in [-0.3, -0.25) is 0 Å². The molecular formula is C15H28N2O5. The Morgan fingerprint density at radius 3 is 1.45 bits per heavy atom. The van der Waals surface area contributed by atoms with Crippen molar-refractivity contribution in [2.24, 2.45) is 0 Å². The van der Waals surface area contributed by atoms with Crippen LogP contribution in [0.25, 0.3) is 0 Å². The quantitative estimate of drug-likeness (QED) is 0.737. The van der Waals surface area contributed by atoms with Crippen molar-refractivity contribution in [3.05, 3.63) is 0 Å². The van der Waals surface area contributed by atoms with Gasteiger partial charge in [-0.1, -0.05) is 0 Å². The average Bonchev–Trinajstić information content (AvgIpc) is 2.46. The van der Waals surface area contributed by atoms with Gasteiger partial charge in [-0.2, -0.15) is 0 Å². The third kappa shape index (κ3) is 6.51. The smallest absolute Gasteiger partial charge is 0.410 e. The zero-order valence-corrected chi connectivity index (χ0v) is 14.4. The van der Waals surface area contributed by atoms with E-state index in [1.165, 1.54) is 9.80 Å². The Morgan fingerprint density at radius 2 is 1.18 bits per heavy atom. The Labute approximate surface area is 132 Å². The molecule has 1 saturated heterocycles. The Hall–Kier alpha value is -1.50. The van der Waals surface area contributed by atoms with Crippen LogP contribution in [-0.2, 0) is 9.47 Å². The lowest BCUT2D eigenvalue weighted by Crippen LogP contribution is -2.41. The molecule has 128 valence electrons. The van der Waals surface area contributed by atoms with Gasteiger partial charge in [0.05, 0.1) is 19.2 Å². The van der Waals surface area contributed by atoms with Gasteiger partial charge < -0.3 is 24.4 Å². The fourth-order valence-corrected chi connectivity index (χ4v) is 1.98. The summed E-state index contributed by atoms with van der Waals surface area (Å²) in [6, 6.07) is 0. The minimum absolute atomic E-state index is 0.133. The number of rotatable bonds is 0. The molecule has 0 aromatic heterocycles. The highest BCUT2D eigenvalue weighted by molar-refractivity contribution is 5.70. The average molecular weight is 316 g/mol. The fraction of sp³-hybridized carbons (Fsp3) is 0.867. The first-order valence-electron chi connectivity index (χ1n) is 7.51. The van der Waals surface area contributed by atoms with E-state index in [1.807, 2.05) is 0 Å². The van der Waals surface area contributed by atoms with E-state index >= 15 is 0 Å². The van der Waals surface area contributed by atoms with Crippen LogP contribution in [0.3, 0.4) is 0 Å². The second-order valence-corrected chi connectivity index (χ2v) is 7.51. The van der Waals surface area contributed by atoms with E-state index in [4.69, 9.17) is 9.47 Å². The number of amides is 2. The van der Waals surface area contributed by atoms with E-state index in [1.54, 1.807) is 41.5 Å². The van der Waals surface area contributed by atoms with Crippen LogP contribution in [0.2, 0.25) is 0 Å². The summed E-state index contributed by atoms with van der Waals surface area (Å²) >= 11 is 0. The maximum Gasteiger partial charge on any atom is 0.410 e. The molecule has 1 N–H and O–H groups in total. The van der Waals surface area contributed by atoms with Gasteiger partial charge in [-0.05, 0) is 41.5 Å². The lowest BCUT2D eigenvalue weighted by atomic mass is 10.2. The molecule has 0 aromatic carbocycles. The summed E-state index contributed by atoms with van der Waals surface area (Å²) in [4.78, 5) is 27.0. The summed E-state index contributed by atoms with van der Waals surface area (Å²) < 4.78 is 10.6. The Morgan fingerprint density at radius 1 is 0.864 bits per heavy atom. The summed E-state index contributed by atoms with van der Waals surface area (Å²) in [5, 5.41) is 10.0. The van der Waals surface area contributed by atoms with E-state index < -0.39 is 29.5 Å². The number of aliphatic hydroxyl groups excluding tert-OH is 1. The summed E-state index contributed by atoms with van der Waals surface area (Å²) in [6.45, 7) is 11.6. The zero-order chi connectivity index (χ0) is 17.1. The van der Waals surface area contributed by atoms with Crippen LogP contribution in [0.1, 0.15) is 41.5 Å². The van der Waals surface area contributed by atoms with Gasteiger partial charge in [0.25, 0.3) is 0 Å². The molecule has 7 nitrogen and oxygen atoms in total. The van der Waals surface area contributed by atoms with Crippen LogP contribution in [-0.4, -0.2) is 70.6 Å². The van der Waals surface area contributed by atoms with Crippen LogP contribution in [0.4, 0.5) is 9.59 Å². The van der Waals surface area contributed by atoms with Crippen molar-refractivity contribution < 1.29 is 24.2 Å². The molecule has 22 heavy (non-hydrogen) atoms. The minimum atomic E-state index is -0.831. The molecule has 1 rings (SSSR count). The molecule has 1 heterocycles. The van der Waals surface area contributed by atoms with Crippen molar-refractivity contribution in [1.29, 1.82) is 0 Å². The maximum atomic E-state index is 12.1. The third-order valence-electron chi connectivity index (χ3n) is 2.81. The number of β-amino-alcohol motifs (C(OH)–C–C–N with tert-alkyl or cyclic N) is 1. The molecule has 1 aliphatic rings. The predicted molar refractivity (Wildman–Crippen MR) is 81.6 cm³/mol. The first-order valence-corrected chi connectivity index (χ1v) is 7.51. The Kier molecular flexibility index (Phi) is 5.67. The van der Waals surface area contributed by atoms with Crippen molar-refractivity contribution in [1.82, 2.24) is 9.80 Å². The number of nitrogens with zero attached hydrogens (tertiary/aromatic N) is 2. The fourth-order valence-electron chi connectivity index (χ4n) is 1.98. The summed E-state index contributed by atoms with van der Waals surface area (Å²) in [5.41, 5.74) is -1.20. The molecule has 0 aliphatic carbocycles. The van der Waals surface area contributed by atoms with E-state index in [9.17, 15) is 14.7 Å². The molecule has 0 spiro atoms.